The fraction of sp³-hybridized carbons (Fsp3) is 0.846. The molecule has 1 aliphatic rings. The topological polar surface area (TPSA) is 68.4 Å². The molecule has 1 saturated heterocycles. The standard InChI is InChI=1S/C13H22N2O3/c1-9-7-13(16,5-6-17-9)8-10-14-11(15-18-10)12(2,3)4/h9,16H,5-8H2,1-4H3/t9-,13+/m1/s1. The summed E-state index contributed by atoms with van der Waals surface area (Å²) in [5.74, 6) is 1.19. The van der Waals surface area contributed by atoms with Gasteiger partial charge in [-0.1, -0.05) is 25.9 Å². The maximum atomic E-state index is 10.5. The number of nitrogens with zero attached hydrogens (tertiary/aromatic N) is 2. The average Bonchev–Trinajstić information content (AvgIpc) is 2.64. The number of aliphatic hydroxyl groups is 1. The lowest BCUT2D eigenvalue weighted by Crippen LogP contribution is -2.41. The minimum Gasteiger partial charge on any atom is -0.389 e. The summed E-state index contributed by atoms with van der Waals surface area (Å²) in [4.78, 5) is 4.37. The Morgan fingerprint density at radius 1 is 1.44 bits per heavy atom. The lowest BCUT2D eigenvalue weighted by Gasteiger charge is -2.34. The number of hydrogen-bond donors (Lipinski definition) is 1. The Hall–Kier alpha value is -0.940. The van der Waals surface area contributed by atoms with Crippen LogP contribution in [-0.4, -0.2) is 33.6 Å². The fourth-order valence-electron chi connectivity index (χ4n) is 2.22. The van der Waals surface area contributed by atoms with Gasteiger partial charge in [0.1, 0.15) is 0 Å². The van der Waals surface area contributed by atoms with E-state index in [9.17, 15) is 5.11 Å². The summed E-state index contributed by atoms with van der Waals surface area (Å²) in [7, 11) is 0. The van der Waals surface area contributed by atoms with Crippen LogP contribution in [0.5, 0.6) is 0 Å². The van der Waals surface area contributed by atoms with E-state index >= 15 is 0 Å². The van der Waals surface area contributed by atoms with Gasteiger partial charge in [0.15, 0.2) is 5.82 Å². The molecule has 2 rings (SSSR count). The first-order valence-corrected chi connectivity index (χ1v) is 6.46. The van der Waals surface area contributed by atoms with Gasteiger partial charge < -0.3 is 14.4 Å². The highest BCUT2D eigenvalue weighted by atomic mass is 16.5. The molecule has 0 aromatic carbocycles. The van der Waals surface area contributed by atoms with Crippen LogP contribution in [0, 0.1) is 0 Å². The summed E-state index contributed by atoms with van der Waals surface area (Å²) in [5.41, 5.74) is -0.910. The molecular formula is C13H22N2O3. The molecule has 0 unspecified atom stereocenters. The van der Waals surface area contributed by atoms with Crippen molar-refractivity contribution in [2.24, 2.45) is 0 Å². The molecule has 0 aliphatic carbocycles. The lowest BCUT2D eigenvalue weighted by atomic mass is 9.87. The molecule has 2 atom stereocenters. The third-order valence-corrected chi connectivity index (χ3v) is 3.26. The van der Waals surface area contributed by atoms with Crippen molar-refractivity contribution in [1.29, 1.82) is 0 Å². The summed E-state index contributed by atoms with van der Waals surface area (Å²) in [6, 6.07) is 0. The molecule has 0 amide bonds. The smallest absolute Gasteiger partial charge is 0.229 e. The van der Waals surface area contributed by atoms with Crippen LogP contribution in [0.15, 0.2) is 4.52 Å². The van der Waals surface area contributed by atoms with Crippen LogP contribution in [0.2, 0.25) is 0 Å². The third-order valence-electron chi connectivity index (χ3n) is 3.26. The van der Waals surface area contributed by atoms with E-state index in [2.05, 4.69) is 10.1 Å². The van der Waals surface area contributed by atoms with Gasteiger partial charge >= 0.3 is 0 Å². The van der Waals surface area contributed by atoms with Gasteiger partial charge in [-0.3, -0.25) is 0 Å². The first-order valence-electron chi connectivity index (χ1n) is 6.46. The summed E-state index contributed by atoms with van der Waals surface area (Å²) < 4.78 is 10.7. The van der Waals surface area contributed by atoms with Gasteiger partial charge in [-0.25, -0.2) is 0 Å². The van der Waals surface area contributed by atoms with E-state index in [0.717, 1.165) is 0 Å². The predicted octanol–water partition coefficient (Wildman–Crippen LogP) is 1.84. The Kier molecular flexibility index (Phi) is 3.47. The number of rotatable bonds is 2. The molecule has 0 radical (unpaired) electrons. The number of hydrogen-bond acceptors (Lipinski definition) is 5. The van der Waals surface area contributed by atoms with Crippen molar-refractivity contribution < 1.29 is 14.4 Å². The van der Waals surface area contributed by atoms with E-state index in [1.165, 1.54) is 0 Å². The van der Waals surface area contributed by atoms with Crippen molar-refractivity contribution in [2.75, 3.05) is 6.61 Å². The van der Waals surface area contributed by atoms with Gasteiger partial charge in [0, 0.05) is 24.9 Å². The van der Waals surface area contributed by atoms with Crippen molar-refractivity contribution >= 4 is 0 Å². The molecule has 0 spiro atoms. The highest BCUT2D eigenvalue weighted by Crippen LogP contribution is 2.28. The van der Waals surface area contributed by atoms with Crippen LogP contribution < -0.4 is 0 Å². The number of ether oxygens (including phenoxy) is 1. The van der Waals surface area contributed by atoms with E-state index in [0.29, 0.717) is 37.6 Å². The van der Waals surface area contributed by atoms with Gasteiger partial charge in [0.2, 0.25) is 5.89 Å². The van der Waals surface area contributed by atoms with Crippen LogP contribution in [0.4, 0.5) is 0 Å². The Morgan fingerprint density at radius 2 is 2.17 bits per heavy atom. The largest absolute Gasteiger partial charge is 0.389 e. The highest BCUT2D eigenvalue weighted by Gasteiger charge is 2.35. The normalized spacial score (nSPS) is 29.5. The Labute approximate surface area is 108 Å². The fourth-order valence-corrected chi connectivity index (χ4v) is 2.22. The van der Waals surface area contributed by atoms with Gasteiger partial charge in [-0.15, -0.1) is 0 Å². The van der Waals surface area contributed by atoms with E-state index < -0.39 is 5.60 Å². The second-order valence-corrected chi connectivity index (χ2v) is 6.30. The predicted molar refractivity (Wildman–Crippen MR) is 66.3 cm³/mol. The molecule has 1 aromatic heterocycles. The quantitative estimate of drug-likeness (QED) is 0.872. The van der Waals surface area contributed by atoms with Crippen LogP contribution in [0.1, 0.15) is 52.3 Å². The summed E-state index contributed by atoms with van der Waals surface area (Å²) >= 11 is 0. The van der Waals surface area contributed by atoms with Gasteiger partial charge in [0.05, 0.1) is 18.1 Å². The SMILES string of the molecule is C[C@@H]1C[C@](O)(Cc2nc(C(C)(C)C)no2)CCO1. The monoisotopic (exact) mass is 254 g/mol. The minimum absolute atomic E-state index is 0.0776. The van der Waals surface area contributed by atoms with Gasteiger partial charge in [-0.05, 0) is 6.92 Å². The second kappa shape index (κ2) is 4.63. The van der Waals surface area contributed by atoms with Crippen molar-refractivity contribution in [1.82, 2.24) is 10.1 Å². The van der Waals surface area contributed by atoms with Crippen LogP contribution in [0.3, 0.4) is 0 Å². The van der Waals surface area contributed by atoms with Crippen molar-refractivity contribution in [3.05, 3.63) is 11.7 Å². The zero-order chi connectivity index (χ0) is 13.4. The summed E-state index contributed by atoms with van der Waals surface area (Å²) in [5, 5.41) is 14.5. The molecule has 5 nitrogen and oxygen atoms in total. The maximum absolute atomic E-state index is 10.5. The molecule has 0 bridgehead atoms. The van der Waals surface area contributed by atoms with Crippen LogP contribution in [-0.2, 0) is 16.6 Å². The third kappa shape index (κ3) is 3.09. The average molecular weight is 254 g/mol. The molecule has 2 heterocycles. The molecule has 0 saturated carbocycles. The van der Waals surface area contributed by atoms with E-state index in [4.69, 9.17) is 9.26 Å². The van der Waals surface area contributed by atoms with Crippen molar-refractivity contribution in [2.45, 2.75) is 64.1 Å². The molecular weight excluding hydrogens is 232 g/mol. The Bertz CT molecular complexity index is 411. The molecule has 5 heteroatoms. The van der Waals surface area contributed by atoms with E-state index in [1.807, 2.05) is 27.7 Å². The second-order valence-electron chi connectivity index (χ2n) is 6.30. The number of aromatic nitrogens is 2. The zero-order valence-electron chi connectivity index (χ0n) is 11.6. The molecule has 1 aliphatic heterocycles. The molecule has 1 aromatic rings. The van der Waals surface area contributed by atoms with E-state index in [1.54, 1.807) is 0 Å². The zero-order valence-corrected chi connectivity index (χ0v) is 11.6. The molecule has 1 N–H and O–H groups in total. The Balaban J connectivity index is 2.07. The summed E-state index contributed by atoms with van der Waals surface area (Å²) in [6.45, 7) is 8.66. The lowest BCUT2D eigenvalue weighted by molar-refractivity contribution is -0.0987. The minimum atomic E-state index is -0.778. The van der Waals surface area contributed by atoms with Gasteiger partial charge in [0.25, 0.3) is 0 Å². The first-order chi connectivity index (χ1) is 8.28. The molecule has 102 valence electrons. The Morgan fingerprint density at radius 3 is 2.72 bits per heavy atom. The first kappa shape index (κ1) is 13.5. The van der Waals surface area contributed by atoms with E-state index in [-0.39, 0.29) is 11.5 Å². The summed E-state index contributed by atoms with van der Waals surface area (Å²) in [6.07, 6.45) is 1.71. The maximum Gasteiger partial charge on any atom is 0.229 e. The molecule has 18 heavy (non-hydrogen) atoms. The van der Waals surface area contributed by atoms with Crippen molar-refractivity contribution in [3.63, 3.8) is 0 Å². The van der Waals surface area contributed by atoms with Crippen molar-refractivity contribution in [3.8, 4) is 0 Å². The van der Waals surface area contributed by atoms with Crippen LogP contribution in [0.25, 0.3) is 0 Å². The van der Waals surface area contributed by atoms with Gasteiger partial charge in [-0.2, -0.15) is 4.98 Å². The molecule has 1 fully saturated rings. The highest BCUT2D eigenvalue weighted by molar-refractivity contribution is 5.02. The van der Waals surface area contributed by atoms with Crippen LogP contribution >= 0.6 is 0 Å².